The molecule has 1 aliphatic rings. The van der Waals surface area contributed by atoms with Crippen LogP contribution >= 0.6 is 0 Å². The second kappa shape index (κ2) is 6.24. The maximum absolute atomic E-state index is 4.56. The summed E-state index contributed by atoms with van der Waals surface area (Å²) >= 11 is 0. The number of hydrogen-bond donors (Lipinski definition) is 1. The third-order valence-corrected chi connectivity index (χ3v) is 4.08. The van der Waals surface area contributed by atoms with Gasteiger partial charge < -0.3 is 15.1 Å². The minimum atomic E-state index is 0.535. The van der Waals surface area contributed by atoms with Crippen molar-refractivity contribution in [2.24, 2.45) is 5.92 Å². The summed E-state index contributed by atoms with van der Waals surface area (Å²) in [6, 6.07) is 0.535. The van der Waals surface area contributed by atoms with Crippen molar-refractivity contribution < 1.29 is 0 Å². The molecule has 6 heteroatoms. The summed E-state index contributed by atoms with van der Waals surface area (Å²) in [5.41, 5.74) is 0. The van der Waals surface area contributed by atoms with E-state index in [1.54, 1.807) is 0 Å². The Labute approximate surface area is 121 Å². The summed E-state index contributed by atoms with van der Waals surface area (Å²) in [5.74, 6) is 2.92. The van der Waals surface area contributed by atoms with Crippen LogP contribution in [-0.2, 0) is 0 Å². The van der Waals surface area contributed by atoms with Crippen LogP contribution in [0.1, 0.15) is 32.6 Å². The van der Waals surface area contributed by atoms with E-state index in [2.05, 4.69) is 39.1 Å². The molecular formula is C14H26N6. The molecule has 1 aliphatic carbocycles. The summed E-state index contributed by atoms with van der Waals surface area (Å²) in [5, 5.41) is 3.01. The molecule has 1 aromatic heterocycles. The fourth-order valence-corrected chi connectivity index (χ4v) is 2.62. The monoisotopic (exact) mass is 278 g/mol. The summed E-state index contributed by atoms with van der Waals surface area (Å²) in [6.45, 7) is 2.34. The van der Waals surface area contributed by atoms with Gasteiger partial charge in [0.05, 0.1) is 0 Å². The highest BCUT2D eigenvalue weighted by Gasteiger charge is 2.24. The van der Waals surface area contributed by atoms with E-state index in [4.69, 9.17) is 0 Å². The molecule has 1 aromatic rings. The lowest BCUT2D eigenvalue weighted by Crippen LogP contribution is -2.36. The first-order valence-electron chi connectivity index (χ1n) is 7.35. The molecular weight excluding hydrogens is 252 g/mol. The minimum absolute atomic E-state index is 0.535. The lowest BCUT2D eigenvalue weighted by Gasteiger charge is -2.33. The molecule has 2 rings (SSSR count). The Hall–Kier alpha value is -1.59. The first-order valence-corrected chi connectivity index (χ1v) is 7.35. The van der Waals surface area contributed by atoms with Gasteiger partial charge in [-0.1, -0.05) is 6.92 Å². The normalized spacial score (nSPS) is 22.4. The van der Waals surface area contributed by atoms with E-state index < -0.39 is 0 Å². The van der Waals surface area contributed by atoms with E-state index in [1.165, 1.54) is 25.7 Å². The maximum Gasteiger partial charge on any atom is 0.231 e. The fourth-order valence-electron chi connectivity index (χ4n) is 2.62. The first-order chi connectivity index (χ1) is 9.51. The summed E-state index contributed by atoms with van der Waals surface area (Å²) in [6.07, 6.45) is 5.02. The minimum Gasteiger partial charge on any atom is -0.357 e. The predicted octanol–water partition coefficient (Wildman–Crippen LogP) is 1.99. The Morgan fingerprint density at radius 1 is 0.950 bits per heavy atom. The van der Waals surface area contributed by atoms with Crippen LogP contribution in [0.25, 0.3) is 0 Å². The molecule has 0 aliphatic heterocycles. The Balaban J connectivity index is 2.20. The van der Waals surface area contributed by atoms with Crippen molar-refractivity contribution in [3.8, 4) is 0 Å². The van der Waals surface area contributed by atoms with Gasteiger partial charge in [-0.2, -0.15) is 15.0 Å². The average molecular weight is 278 g/mol. The third kappa shape index (κ3) is 3.29. The van der Waals surface area contributed by atoms with Gasteiger partial charge in [-0.15, -0.1) is 0 Å². The van der Waals surface area contributed by atoms with Crippen molar-refractivity contribution in [3.63, 3.8) is 0 Å². The van der Waals surface area contributed by atoms with Crippen molar-refractivity contribution in [2.45, 2.75) is 38.6 Å². The number of anilines is 3. The predicted molar refractivity (Wildman–Crippen MR) is 83.5 cm³/mol. The Kier molecular flexibility index (Phi) is 4.62. The van der Waals surface area contributed by atoms with Crippen molar-refractivity contribution >= 4 is 17.8 Å². The van der Waals surface area contributed by atoms with Crippen LogP contribution in [0.4, 0.5) is 17.8 Å². The molecule has 0 aromatic carbocycles. The standard InChI is InChI=1S/C14H26N6/c1-10-6-8-11(9-7-10)20(5)14-17-12(15-2)16-13(18-14)19(3)4/h10-11H,6-9H2,1-5H3,(H,15,16,17,18). The third-order valence-electron chi connectivity index (χ3n) is 4.08. The average Bonchev–Trinajstić information content (AvgIpc) is 2.46. The van der Waals surface area contributed by atoms with Crippen LogP contribution in [0, 0.1) is 5.92 Å². The fraction of sp³-hybridized carbons (Fsp3) is 0.786. The van der Waals surface area contributed by atoms with Crippen LogP contribution in [0.15, 0.2) is 0 Å². The van der Waals surface area contributed by atoms with Crippen molar-refractivity contribution in [3.05, 3.63) is 0 Å². The number of nitrogens with one attached hydrogen (secondary N) is 1. The lowest BCUT2D eigenvalue weighted by molar-refractivity contribution is 0.339. The van der Waals surface area contributed by atoms with Gasteiger partial charge in [-0.3, -0.25) is 0 Å². The summed E-state index contributed by atoms with van der Waals surface area (Å²) in [7, 11) is 7.82. The van der Waals surface area contributed by atoms with Gasteiger partial charge >= 0.3 is 0 Å². The highest BCUT2D eigenvalue weighted by molar-refractivity contribution is 5.44. The number of nitrogens with zero attached hydrogens (tertiary/aromatic N) is 5. The van der Waals surface area contributed by atoms with Gasteiger partial charge in [0.25, 0.3) is 0 Å². The van der Waals surface area contributed by atoms with Crippen LogP contribution in [0.2, 0.25) is 0 Å². The molecule has 1 fully saturated rings. The van der Waals surface area contributed by atoms with E-state index in [-0.39, 0.29) is 0 Å². The SMILES string of the molecule is CNc1nc(N(C)C)nc(N(C)C2CCC(C)CC2)n1. The largest absolute Gasteiger partial charge is 0.357 e. The molecule has 0 spiro atoms. The maximum atomic E-state index is 4.56. The zero-order chi connectivity index (χ0) is 14.7. The van der Waals surface area contributed by atoms with E-state index in [9.17, 15) is 0 Å². The Morgan fingerprint density at radius 2 is 1.55 bits per heavy atom. The quantitative estimate of drug-likeness (QED) is 0.909. The van der Waals surface area contributed by atoms with Crippen LogP contribution < -0.4 is 15.1 Å². The van der Waals surface area contributed by atoms with Crippen molar-refractivity contribution in [2.75, 3.05) is 43.3 Å². The van der Waals surface area contributed by atoms with E-state index in [0.717, 1.165) is 11.9 Å². The number of hydrogen-bond acceptors (Lipinski definition) is 6. The number of rotatable bonds is 4. The summed E-state index contributed by atoms with van der Waals surface area (Å²) in [4.78, 5) is 17.5. The molecule has 0 amide bonds. The van der Waals surface area contributed by atoms with Crippen LogP contribution in [-0.4, -0.2) is 49.2 Å². The molecule has 0 saturated heterocycles. The number of aromatic nitrogens is 3. The molecule has 20 heavy (non-hydrogen) atoms. The molecule has 1 N–H and O–H groups in total. The Morgan fingerprint density at radius 3 is 2.10 bits per heavy atom. The topological polar surface area (TPSA) is 57.2 Å². The molecule has 112 valence electrons. The van der Waals surface area contributed by atoms with Gasteiger partial charge in [-0.25, -0.2) is 0 Å². The molecule has 6 nitrogen and oxygen atoms in total. The van der Waals surface area contributed by atoms with Gasteiger partial charge in [0.2, 0.25) is 17.8 Å². The van der Waals surface area contributed by atoms with E-state index in [1.807, 2.05) is 26.0 Å². The molecule has 0 unspecified atom stereocenters. The first kappa shape index (κ1) is 14.8. The molecule has 0 atom stereocenters. The lowest BCUT2D eigenvalue weighted by atomic mass is 9.87. The second-order valence-electron chi connectivity index (χ2n) is 5.93. The van der Waals surface area contributed by atoms with Gasteiger partial charge in [-0.05, 0) is 31.6 Å². The van der Waals surface area contributed by atoms with Gasteiger partial charge in [0.15, 0.2) is 0 Å². The highest BCUT2D eigenvalue weighted by atomic mass is 15.3. The molecule has 0 radical (unpaired) electrons. The summed E-state index contributed by atoms with van der Waals surface area (Å²) < 4.78 is 0. The molecule has 1 saturated carbocycles. The second-order valence-corrected chi connectivity index (χ2v) is 5.93. The van der Waals surface area contributed by atoms with Crippen LogP contribution in [0.5, 0.6) is 0 Å². The Bertz CT molecular complexity index is 439. The molecule has 1 heterocycles. The van der Waals surface area contributed by atoms with Gasteiger partial charge in [0.1, 0.15) is 0 Å². The van der Waals surface area contributed by atoms with E-state index in [0.29, 0.717) is 17.9 Å². The van der Waals surface area contributed by atoms with Crippen molar-refractivity contribution in [1.29, 1.82) is 0 Å². The highest BCUT2D eigenvalue weighted by Crippen LogP contribution is 2.28. The van der Waals surface area contributed by atoms with Gasteiger partial charge in [0, 0.05) is 34.2 Å². The zero-order valence-electron chi connectivity index (χ0n) is 13.2. The van der Waals surface area contributed by atoms with E-state index >= 15 is 0 Å². The van der Waals surface area contributed by atoms with Crippen LogP contribution in [0.3, 0.4) is 0 Å². The smallest absolute Gasteiger partial charge is 0.231 e. The zero-order valence-corrected chi connectivity index (χ0v) is 13.2. The van der Waals surface area contributed by atoms with Crippen molar-refractivity contribution in [1.82, 2.24) is 15.0 Å². The molecule has 0 bridgehead atoms.